The number of hydrogen-bond acceptors (Lipinski definition) is 4. The van der Waals surface area contributed by atoms with Gasteiger partial charge in [0.25, 0.3) is 0 Å². The first kappa shape index (κ1) is 16.9. The Morgan fingerprint density at radius 2 is 1.75 bits per heavy atom. The largest absolute Gasteiger partial charge is 0.392 e. The Hall–Kier alpha value is -1.14. The van der Waals surface area contributed by atoms with Crippen LogP contribution in [0.5, 0.6) is 0 Å². The summed E-state index contributed by atoms with van der Waals surface area (Å²) in [5.41, 5.74) is 5.11. The Labute approximate surface area is 120 Å². The second kappa shape index (κ2) is 5.69. The molecule has 0 bridgehead atoms. The number of amides is 2. The summed E-state index contributed by atoms with van der Waals surface area (Å²) in [4.78, 5) is 26.0. The highest BCUT2D eigenvalue weighted by Gasteiger charge is 2.48. The third kappa shape index (κ3) is 3.70. The molecule has 6 heteroatoms. The van der Waals surface area contributed by atoms with Gasteiger partial charge in [-0.15, -0.1) is 0 Å². The maximum atomic E-state index is 12.4. The molecule has 1 saturated heterocycles. The molecule has 1 fully saturated rings. The van der Waals surface area contributed by atoms with Crippen LogP contribution in [-0.4, -0.2) is 51.6 Å². The van der Waals surface area contributed by atoms with Crippen molar-refractivity contribution < 1.29 is 14.7 Å². The summed E-state index contributed by atoms with van der Waals surface area (Å²) < 4.78 is 0. The van der Waals surface area contributed by atoms with Crippen molar-refractivity contribution in [2.45, 2.75) is 70.7 Å². The van der Waals surface area contributed by atoms with E-state index in [9.17, 15) is 14.7 Å². The minimum Gasteiger partial charge on any atom is -0.392 e. The van der Waals surface area contributed by atoms with Gasteiger partial charge in [0.05, 0.1) is 6.10 Å². The van der Waals surface area contributed by atoms with Gasteiger partial charge >= 0.3 is 11.8 Å². The number of piperidine rings is 1. The zero-order chi connectivity index (χ0) is 15.7. The van der Waals surface area contributed by atoms with Gasteiger partial charge in [-0.25, -0.2) is 0 Å². The molecule has 2 amide bonds. The number of hydrogen-bond donors (Lipinski definition) is 3. The highest BCUT2D eigenvalue weighted by Crippen LogP contribution is 2.37. The van der Waals surface area contributed by atoms with Crippen LogP contribution in [0.2, 0.25) is 0 Å². The van der Waals surface area contributed by atoms with Crippen molar-refractivity contribution in [2.24, 2.45) is 5.73 Å². The molecule has 116 valence electrons. The van der Waals surface area contributed by atoms with Crippen molar-refractivity contribution in [3.05, 3.63) is 0 Å². The number of nitrogens with zero attached hydrogens (tertiary/aromatic N) is 1. The molecule has 0 aliphatic carbocycles. The lowest BCUT2D eigenvalue weighted by Gasteiger charge is -2.54. The van der Waals surface area contributed by atoms with Crippen molar-refractivity contribution in [1.82, 2.24) is 10.2 Å². The first-order chi connectivity index (χ1) is 8.97. The number of aliphatic hydroxyl groups is 1. The molecule has 0 spiro atoms. The standard InChI is InChI=1S/C14H27N3O3/c1-9(18)8-16-11(19)12(20)17-13(2,3)6-10(15)7-14(17,4)5/h9-10,18H,6-8,15H2,1-5H3,(H,16,19). The van der Waals surface area contributed by atoms with Gasteiger partial charge in [-0.1, -0.05) is 0 Å². The lowest BCUT2D eigenvalue weighted by atomic mass is 9.77. The van der Waals surface area contributed by atoms with E-state index in [-0.39, 0.29) is 12.6 Å². The highest BCUT2D eigenvalue weighted by atomic mass is 16.3. The van der Waals surface area contributed by atoms with Gasteiger partial charge in [0, 0.05) is 23.7 Å². The predicted molar refractivity (Wildman–Crippen MR) is 76.9 cm³/mol. The molecule has 0 radical (unpaired) electrons. The van der Waals surface area contributed by atoms with Crippen molar-refractivity contribution in [3.63, 3.8) is 0 Å². The van der Waals surface area contributed by atoms with Gasteiger partial charge in [0.15, 0.2) is 0 Å². The van der Waals surface area contributed by atoms with E-state index in [1.165, 1.54) is 0 Å². The number of likely N-dealkylation sites (tertiary alicyclic amines) is 1. The van der Waals surface area contributed by atoms with Gasteiger partial charge in [0.2, 0.25) is 0 Å². The lowest BCUT2D eigenvalue weighted by molar-refractivity contribution is -0.159. The quantitative estimate of drug-likeness (QED) is 0.622. The van der Waals surface area contributed by atoms with E-state index >= 15 is 0 Å². The predicted octanol–water partition coefficient (Wildman–Crippen LogP) is -0.00970. The van der Waals surface area contributed by atoms with E-state index in [0.717, 1.165) is 0 Å². The molecule has 0 aromatic heterocycles. The molecule has 0 saturated carbocycles. The fourth-order valence-electron chi connectivity index (χ4n) is 3.32. The van der Waals surface area contributed by atoms with Crippen LogP contribution in [0.25, 0.3) is 0 Å². The average molecular weight is 285 g/mol. The van der Waals surface area contributed by atoms with Crippen LogP contribution < -0.4 is 11.1 Å². The zero-order valence-electron chi connectivity index (χ0n) is 13.1. The normalized spacial score (nSPS) is 23.2. The molecule has 1 atom stereocenters. The van der Waals surface area contributed by atoms with E-state index in [2.05, 4.69) is 5.32 Å². The molecule has 1 heterocycles. The fraction of sp³-hybridized carbons (Fsp3) is 0.857. The lowest BCUT2D eigenvalue weighted by Crippen LogP contribution is -2.67. The van der Waals surface area contributed by atoms with E-state index in [4.69, 9.17) is 5.73 Å². The minimum absolute atomic E-state index is 0.0181. The Balaban J connectivity index is 2.90. The van der Waals surface area contributed by atoms with Gasteiger partial charge in [-0.05, 0) is 47.5 Å². The van der Waals surface area contributed by atoms with Crippen LogP contribution in [0.3, 0.4) is 0 Å². The molecule has 0 aromatic carbocycles. The van der Waals surface area contributed by atoms with E-state index in [0.29, 0.717) is 12.8 Å². The number of carbonyl (C=O) groups excluding carboxylic acids is 2. The highest BCUT2D eigenvalue weighted by molar-refractivity contribution is 6.35. The topological polar surface area (TPSA) is 95.7 Å². The summed E-state index contributed by atoms with van der Waals surface area (Å²) in [5.74, 6) is -1.24. The van der Waals surface area contributed by atoms with Crippen LogP contribution in [0, 0.1) is 0 Å². The monoisotopic (exact) mass is 285 g/mol. The van der Waals surface area contributed by atoms with Crippen LogP contribution >= 0.6 is 0 Å². The van der Waals surface area contributed by atoms with Crippen molar-refractivity contribution >= 4 is 11.8 Å². The van der Waals surface area contributed by atoms with Gasteiger partial charge in [-0.2, -0.15) is 0 Å². The van der Waals surface area contributed by atoms with Crippen molar-refractivity contribution in [1.29, 1.82) is 0 Å². The maximum Gasteiger partial charge on any atom is 0.312 e. The molecule has 4 N–H and O–H groups in total. The van der Waals surface area contributed by atoms with Gasteiger partial charge < -0.3 is 21.1 Å². The molecule has 0 aromatic rings. The summed E-state index contributed by atoms with van der Waals surface area (Å²) >= 11 is 0. The maximum absolute atomic E-state index is 12.4. The first-order valence-corrected chi connectivity index (χ1v) is 7.03. The molecule has 1 aliphatic heterocycles. The smallest absolute Gasteiger partial charge is 0.312 e. The minimum atomic E-state index is -0.678. The molecule has 6 nitrogen and oxygen atoms in total. The summed E-state index contributed by atoms with van der Waals surface area (Å²) in [6, 6.07) is 0.0181. The number of rotatable bonds is 2. The van der Waals surface area contributed by atoms with Gasteiger partial charge in [-0.3, -0.25) is 9.59 Å². The number of carbonyl (C=O) groups is 2. The first-order valence-electron chi connectivity index (χ1n) is 7.03. The third-order valence-corrected chi connectivity index (χ3v) is 3.69. The second-order valence-corrected chi connectivity index (χ2v) is 6.99. The molecule has 1 aliphatic rings. The van der Waals surface area contributed by atoms with Crippen LogP contribution in [0.4, 0.5) is 0 Å². The molecule has 1 unspecified atom stereocenters. The Bertz CT molecular complexity index is 373. The Morgan fingerprint density at radius 1 is 1.30 bits per heavy atom. The van der Waals surface area contributed by atoms with Gasteiger partial charge in [0.1, 0.15) is 0 Å². The number of aliphatic hydroxyl groups excluding tert-OH is 1. The van der Waals surface area contributed by atoms with Crippen molar-refractivity contribution in [3.8, 4) is 0 Å². The molecular formula is C14H27N3O3. The summed E-state index contributed by atoms with van der Waals surface area (Å²) in [6.07, 6.45) is 0.639. The molecule has 20 heavy (non-hydrogen) atoms. The summed E-state index contributed by atoms with van der Waals surface area (Å²) in [7, 11) is 0. The SMILES string of the molecule is CC(O)CNC(=O)C(=O)N1C(C)(C)CC(N)CC1(C)C. The van der Waals surface area contributed by atoms with E-state index in [1.807, 2.05) is 27.7 Å². The molecule has 1 rings (SSSR count). The average Bonchev–Trinajstić information content (AvgIpc) is 2.21. The summed E-state index contributed by atoms with van der Waals surface area (Å²) in [5, 5.41) is 11.6. The summed E-state index contributed by atoms with van der Waals surface area (Å²) in [6.45, 7) is 9.32. The molecular weight excluding hydrogens is 258 g/mol. The number of nitrogens with two attached hydrogens (primary N) is 1. The zero-order valence-corrected chi connectivity index (χ0v) is 13.1. The van der Waals surface area contributed by atoms with Crippen LogP contribution in [-0.2, 0) is 9.59 Å². The second-order valence-electron chi connectivity index (χ2n) is 6.99. The van der Waals surface area contributed by atoms with E-state index < -0.39 is 29.0 Å². The Morgan fingerprint density at radius 3 is 2.15 bits per heavy atom. The van der Waals surface area contributed by atoms with Crippen molar-refractivity contribution in [2.75, 3.05) is 6.54 Å². The Kier molecular flexibility index (Phi) is 4.82. The van der Waals surface area contributed by atoms with Crippen LogP contribution in [0.1, 0.15) is 47.5 Å². The van der Waals surface area contributed by atoms with E-state index in [1.54, 1.807) is 11.8 Å². The third-order valence-electron chi connectivity index (χ3n) is 3.69. The van der Waals surface area contributed by atoms with Crippen LogP contribution in [0.15, 0.2) is 0 Å². The number of nitrogens with one attached hydrogen (secondary N) is 1. The fourth-order valence-corrected chi connectivity index (χ4v) is 3.32.